The number of aromatic nitrogens is 2. The van der Waals surface area contributed by atoms with Gasteiger partial charge in [-0.1, -0.05) is 24.3 Å². The third kappa shape index (κ3) is 3.88. The van der Waals surface area contributed by atoms with Crippen LogP contribution in [0.5, 0.6) is 0 Å². The van der Waals surface area contributed by atoms with Gasteiger partial charge in [-0.05, 0) is 43.2 Å². The number of nitrogens with zero attached hydrogens (tertiary/aromatic N) is 4. The van der Waals surface area contributed by atoms with Gasteiger partial charge >= 0.3 is 0 Å². The molecule has 1 amide bonds. The van der Waals surface area contributed by atoms with Crippen molar-refractivity contribution in [1.29, 1.82) is 0 Å². The molecule has 2 heterocycles. The van der Waals surface area contributed by atoms with Crippen LogP contribution in [0.4, 0.5) is 5.69 Å². The Morgan fingerprint density at radius 1 is 1.00 bits per heavy atom. The van der Waals surface area contributed by atoms with Crippen molar-refractivity contribution in [1.82, 2.24) is 14.5 Å². The van der Waals surface area contributed by atoms with Crippen LogP contribution in [-0.2, 0) is 11.3 Å². The summed E-state index contributed by atoms with van der Waals surface area (Å²) < 4.78 is 1.53. The molecule has 0 radical (unpaired) electrons. The van der Waals surface area contributed by atoms with E-state index in [9.17, 15) is 9.59 Å². The monoisotopic (exact) mass is 390 g/mol. The predicted molar refractivity (Wildman–Crippen MR) is 115 cm³/mol. The zero-order valence-corrected chi connectivity index (χ0v) is 17.0. The van der Waals surface area contributed by atoms with Crippen LogP contribution in [0.3, 0.4) is 0 Å². The van der Waals surface area contributed by atoms with E-state index in [1.807, 2.05) is 23.1 Å². The summed E-state index contributed by atoms with van der Waals surface area (Å²) in [5.41, 5.74) is 4.43. The molecular formula is C23H26N4O2. The second-order valence-electron chi connectivity index (χ2n) is 7.60. The number of piperazine rings is 1. The Balaban J connectivity index is 1.36. The fourth-order valence-corrected chi connectivity index (χ4v) is 3.91. The molecule has 0 bridgehead atoms. The number of aryl methyl sites for hydroxylation is 2. The van der Waals surface area contributed by atoms with Gasteiger partial charge in [-0.2, -0.15) is 0 Å². The third-order valence-electron chi connectivity index (χ3n) is 5.85. The van der Waals surface area contributed by atoms with Gasteiger partial charge in [-0.3, -0.25) is 14.2 Å². The Labute approximate surface area is 170 Å². The van der Waals surface area contributed by atoms with Crippen LogP contribution in [0.2, 0.25) is 0 Å². The van der Waals surface area contributed by atoms with Gasteiger partial charge in [0.1, 0.15) is 0 Å². The molecule has 4 rings (SSSR count). The minimum Gasteiger partial charge on any atom is -0.368 e. The van der Waals surface area contributed by atoms with Crippen molar-refractivity contribution in [3.63, 3.8) is 0 Å². The molecule has 1 fully saturated rings. The maximum atomic E-state index is 12.7. The molecule has 29 heavy (non-hydrogen) atoms. The molecule has 1 saturated heterocycles. The zero-order chi connectivity index (χ0) is 20.4. The minimum atomic E-state index is -0.0943. The first-order valence-corrected chi connectivity index (χ1v) is 10.1. The van der Waals surface area contributed by atoms with E-state index < -0.39 is 0 Å². The maximum absolute atomic E-state index is 12.7. The first kappa shape index (κ1) is 19.2. The number of carbonyl (C=O) groups excluding carboxylic acids is 1. The van der Waals surface area contributed by atoms with E-state index >= 15 is 0 Å². The molecule has 0 N–H and O–H groups in total. The quantitative estimate of drug-likeness (QED) is 0.687. The van der Waals surface area contributed by atoms with Crippen LogP contribution in [0.1, 0.15) is 17.5 Å². The Kier molecular flexibility index (Phi) is 5.34. The number of rotatable bonds is 4. The number of anilines is 1. The topological polar surface area (TPSA) is 58.4 Å². The lowest BCUT2D eigenvalue weighted by Crippen LogP contribution is -2.49. The van der Waals surface area contributed by atoms with Crippen molar-refractivity contribution < 1.29 is 4.79 Å². The van der Waals surface area contributed by atoms with Crippen molar-refractivity contribution in [2.45, 2.75) is 26.8 Å². The van der Waals surface area contributed by atoms with Crippen molar-refractivity contribution in [3.8, 4) is 0 Å². The van der Waals surface area contributed by atoms with Crippen LogP contribution in [-0.4, -0.2) is 46.5 Å². The number of benzene rings is 2. The van der Waals surface area contributed by atoms with E-state index in [0.29, 0.717) is 37.0 Å². The molecule has 1 aliphatic rings. The first-order chi connectivity index (χ1) is 14.0. The van der Waals surface area contributed by atoms with Gasteiger partial charge in [-0.15, -0.1) is 0 Å². The third-order valence-corrected chi connectivity index (χ3v) is 5.85. The Morgan fingerprint density at radius 2 is 1.76 bits per heavy atom. The number of amides is 1. The fourth-order valence-electron chi connectivity index (χ4n) is 3.91. The van der Waals surface area contributed by atoms with Gasteiger partial charge in [0.15, 0.2) is 0 Å². The van der Waals surface area contributed by atoms with Crippen molar-refractivity contribution in [3.05, 3.63) is 70.3 Å². The molecule has 0 aliphatic carbocycles. The van der Waals surface area contributed by atoms with Crippen LogP contribution >= 0.6 is 0 Å². The summed E-state index contributed by atoms with van der Waals surface area (Å²) >= 11 is 0. The average Bonchev–Trinajstić information content (AvgIpc) is 2.75. The van der Waals surface area contributed by atoms with Gasteiger partial charge in [-0.25, -0.2) is 4.98 Å². The second kappa shape index (κ2) is 8.07. The molecule has 0 unspecified atom stereocenters. The van der Waals surface area contributed by atoms with Crippen LogP contribution in [0.25, 0.3) is 10.9 Å². The van der Waals surface area contributed by atoms with Gasteiger partial charge in [0.25, 0.3) is 5.56 Å². The highest BCUT2D eigenvalue weighted by molar-refractivity contribution is 5.78. The van der Waals surface area contributed by atoms with Gasteiger partial charge in [0.05, 0.1) is 17.2 Å². The lowest BCUT2D eigenvalue weighted by Gasteiger charge is -2.37. The van der Waals surface area contributed by atoms with E-state index in [2.05, 4.69) is 41.9 Å². The second-order valence-corrected chi connectivity index (χ2v) is 7.60. The first-order valence-electron chi connectivity index (χ1n) is 10.1. The SMILES string of the molecule is Cc1cccc(N2CCN(C(=O)CCn3cnc4ccccc4c3=O)CC2)c1C. The Bertz CT molecular complexity index is 1100. The van der Waals surface area contributed by atoms with E-state index in [1.54, 1.807) is 6.07 Å². The van der Waals surface area contributed by atoms with Gasteiger partial charge in [0, 0.05) is 44.8 Å². The molecule has 1 aliphatic heterocycles. The van der Waals surface area contributed by atoms with Crippen LogP contribution in [0, 0.1) is 13.8 Å². The van der Waals surface area contributed by atoms with E-state index in [1.165, 1.54) is 27.7 Å². The largest absolute Gasteiger partial charge is 0.368 e. The molecule has 0 atom stereocenters. The minimum absolute atomic E-state index is 0.0886. The molecule has 2 aromatic carbocycles. The summed E-state index contributed by atoms with van der Waals surface area (Å²) in [6.07, 6.45) is 1.85. The summed E-state index contributed by atoms with van der Waals surface area (Å²) in [6.45, 7) is 7.70. The fraction of sp³-hybridized carbons (Fsp3) is 0.348. The zero-order valence-electron chi connectivity index (χ0n) is 17.0. The molecule has 6 heteroatoms. The van der Waals surface area contributed by atoms with Crippen molar-refractivity contribution in [2.75, 3.05) is 31.1 Å². The molecule has 150 valence electrons. The Hall–Kier alpha value is -3.15. The normalized spacial score (nSPS) is 14.4. The summed E-state index contributed by atoms with van der Waals surface area (Å²) in [5, 5.41) is 0.588. The van der Waals surface area contributed by atoms with E-state index in [0.717, 1.165) is 13.1 Å². The van der Waals surface area contributed by atoms with Crippen molar-refractivity contribution in [2.24, 2.45) is 0 Å². The Morgan fingerprint density at radius 3 is 2.55 bits per heavy atom. The maximum Gasteiger partial charge on any atom is 0.261 e. The highest BCUT2D eigenvalue weighted by Gasteiger charge is 2.22. The molecule has 0 saturated carbocycles. The number of carbonyl (C=O) groups is 1. The van der Waals surface area contributed by atoms with Crippen LogP contribution in [0.15, 0.2) is 53.6 Å². The number of hydrogen-bond acceptors (Lipinski definition) is 4. The lowest BCUT2D eigenvalue weighted by atomic mass is 10.1. The van der Waals surface area contributed by atoms with E-state index in [4.69, 9.17) is 0 Å². The molecular weight excluding hydrogens is 364 g/mol. The molecule has 1 aromatic heterocycles. The number of hydrogen-bond donors (Lipinski definition) is 0. The van der Waals surface area contributed by atoms with Crippen molar-refractivity contribution >= 4 is 22.5 Å². The number of para-hydroxylation sites is 1. The summed E-state index contributed by atoms with van der Waals surface area (Å²) in [4.78, 5) is 33.8. The summed E-state index contributed by atoms with van der Waals surface area (Å²) in [7, 11) is 0. The predicted octanol–water partition coefficient (Wildman–Crippen LogP) is 2.75. The summed E-state index contributed by atoms with van der Waals surface area (Å²) in [5.74, 6) is 0.0886. The molecule has 6 nitrogen and oxygen atoms in total. The highest BCUT2D eigenvalue weighted by Crippen LogP contribution is 2.24. The summed E-state index contributed by atoms with van der Waals surface area (Å²) in [6, 6.07) is 13.7. The molecule has 3 aromatic rings. The average molecular weight is 390 g/mol. The van der Waals surface area contributed by atoms with Gasteiger partial charge < -0.3 is 9.80 Å². The smallest absolute Gasteiger partial charge is 0.261 e. The van der Waals surface area contributed by atoms with E-state index in [-0.39, 0.29) is 11.5 Å². The lowest BCUT2D eigenvalue weighted by molar-refractivity contribution is -0.131. The standard InChI is InChI=1S/C23H26N4O2/c1-17-6-5-9-21(18(17)2)25-12-14-26(15-13-25)22(28)10-11-27-16-24-20-8-4-3-7-19(20)23(27)29/h3-9,16H,10-15H2,1-2H3. The highest BCUT2D eigenvalue weighted by atomic mass is 16.2. The van der Waals surface area contributed by atoms with Crippen LogP contribution < -0.4 is 10.5 Å². The van der Waals surface area contributed by atoms with Gasteiger partial charge in [0.2, 0.25) is 5.91 Å². The molecule has 0 spiro atoms. The number of fused-ring (bicyclic) bond motifs is 1.